The van der Waals surface area contributed by atoms with Crippen molar-refractivity contribution >= 4 is 40.3 Å². The van der Waals surface area contributed by atoms with Crippen LogP contribution < -0.4 is 14.9 Å². The van der Waals surface area contributed by atoms with Gasteiger partial charge in [-0.05, 0) is 52.3 Å². The Morgan fingerprint density at radius 2 is 1.70 bits per heavy atom. The van der Waals surface area contributed by atoms with Crippen LogP contribution in [0, 0.1) is 13.8 Å². The van der Waals surface area contributed by atoms with Crippen LogP contribution in [-0.2, 0) is 25.6 Å². The summed E-state index contributed by atoms with van der Waals surface area (Å²) in [6.07, 6.45) is 1.86. The minimum absolute atomic E-state index is 0.0742. The molecular weight excluding hydrogens is 526 g/mol. The van der Waals surface area contributed by atoms with Crippen molar-refractivity contribution in [1.82, 2.24) is 9.13 Å². The SMILES string of the molecule is CCOC(=O)Cn1c(C)c(/C=c2\sc3n(c2=O)[C@@H](c2ccc(C)cc2)C(C(=O)OCC)=C(C)N=3)c2ccccc21. The van der Waals surface area contributed by atoms with Crippen LogP contribution in [0.15, 0.2) is 69.6 Å². The molecular formula is C31H31N3O5S. The van der Waals surface area contributed by atoms with Gasteiger partial charge in [-0.3, -0.25) is 14.2 Å². The first-order chi connectivity index (χ1) is 19.2. The average Bonchev–Trinajstić information content (AvgIpc) is 3.37. The number of para-hydroxylation sites is 1. The molecule has 3 heterocycles. The molecule has 9 heteroatoms. The van der Waals surface area contributed by atoms with Gasteiger partial charge in [0.05, 0.1) is 35.1 Å². The van der Waals surface area contributed by atoms with Crippen molar-refractivity contribution in [3.63, 3.8) is 0 Å². The van der Waals surface area contributed by atoms with Crippen molar-refractivity contribution in [2.75, 3.05) is 13.2 Å². The highest BCUT2D eigenvalue weighted by atomic mass is 32.1. The Morgan fingerprint density at radius 3 is 2.40 bits per heavy atom. The number of thiazole rings is 1. The zero-order chi connectivity index (χ0) is 28.6. The molecule has 2 aromatic carbocycles. The van der Waals surface area contributed by atoms with Crippen molar-refractivity contribution < 1.29 is 19.1 Å². The van der Waals surface area contributed by atoms with Crippen LogP contribution in [0.2, 0.25) is 0 Å². The summed E-state index contributed by atoms with van der Waals surface area (Å²) in [5.74, 6) is -0.807. The summed E-state index contributed by atoms with van der Waals surface area (Å²) < 4.78 is 14.6. The molecule has 4 aromatic rings. The van der Waals surface area contributed by atoms with Crippen LogP contribution in [0.3, 0.4) is 0 Å². The van der Waals surface area contributed by atoms with Crippen molar-refractivity contribution in [2.45, 2.75) is 47.2 Å². The molecule has 8 nitrogen and oxygen atoms in total. The van der Waals surface area contributed by atoms with E-state index in [0.717, 1.165) is 33.3 Å². The van der Waals surface area contributed by atoms with E-state index in [-0.39, 0.29) is 24.7 Å². The lowest BCUT2D eigenvalue weighted by atomic mass is 9.95. The standard InChI is InChI=1S/C31H31N3O5S/c1-6-38-26(35)17-33-20(5)23(22-10-8-9-11-24(22)33)16-25-29(36)34-28(21-14-12-18(3)13-15-21)27(30(37)39-7-2)19(4)32-31(34)40-25/h8-16,28H,6-7,17H2,1-5H3/b25-16-/t28-/m0/s1. The van der Waals surface area contributed by atoms with Crippen LogP contribution in [-0.4, -0.2) is 34.3 Å². The van der Waals surface area contributed by atoms with E-state index in [1.54, 1.807) is 25.3 Å². The highest BCUT2D eigenvalue weighted by Gasteiger charge is 2.33. The van der Waals surface area contributed by atoms with Crippen LogP contribution >= 0.6 is 11.3 Å². The molecule has 0 spiro atoms. The van der Waals surface area contributed by atoms with Gasteiger partial charge in [0, 0.05) is 22.2 Å². The molecule has 0 N–H and O–H groups in total. The number of fused-ring (bicyclic) bond motifs is 2. The van der Waals surface area contributed by atoms with Crippen molar-refractivity contribution in [3.05, 3.63) is 102 Å². The first-order valence-corrected chi connectivity index (χ1v) is 14.1. The second-order valence-electron chi connectivity index (χ2n) is 9.62. The van der Waals surface area contributed by atoms with E-state index < -0.39 is 12.0 Å². The molecule has 2 aromatic heterocycles. The van der Waals surface area contributed by atoms with E-state index in [1.165, 1.54) is 11.3 Å². The highest BCUT2D eigenvalue weighted by Crippen LogP contribution is 2.31. The fourth-order valence-electron chi connectivity index (χ4n) is 5.17. The number of benzene rings is 2. The lowest BCUT2D eigenvalue weighted by Crippen LogP contribution is -2.39. The number of hydrogen-bond donors (Lipinski definition) is 0. The molecule has 206 valence electrons. The predicted octanol–water partition coefficient (Wildman–Crippen LogP) is 3.93. The number of nitrogens with zero attached hydrogens (tertiary/aromatic N) is 3. The van der Waals surface area contributed by atoms with Gasteiger partial charge < -0.3 is 14.0 Å². The molecule has 0 saturated carbocycles. The van der Waals surface area contributed by atoms with Crippen molar-refractivity contribution in [1.29, 1.82) is 0 Å². The van der Waals surface area contributed by atoms with E-state index in [1.807, 2.05) is 73.0 Å². The first-order valence-electron chi connectivity index (χ1n) is 13.2. The lowest BCUT2D eigenvalue weighted by molar-refractivity contribution is -0.143. The summed E-state index contributed by atoms with van der Waals surface area (Å²) in [7, 11) is 0. The third-order valence-electron chi connectivity index (χ3n) is 7.06. The maximum Gasteiger partial charge on any atom is 0.338 e. The molecule has 0 radical (unpaired) electrons. The largest absolute Gasteiger partial charge is 0.465 e. The Kier molecular flexibility index (Phi) is 7.58. The molecule has 0 aliphatic carbocycles. The van der Waals surface area contributed by atoms with Gasteiger partial charge in [-0.2, -0.15) is 0 Å². The van der Waals surface area contributed by atoms with Gasteiger partial charge in [-0.25, -0.2) is 9.79 Å². The molecule has 5 rings (SSSR count). The molecule has 0 amide bonds. The molecule has 0 unspecified atom stereocenters. The maximum atomic E-state index is 14.0. The van der Waals surface area contributed by atoms with Crippen molar-refractivity contribution in [3.8, 4) is 0 Å². The van der Waals surface area contributed by atoms with Crippen LogP contribution in [0.1, 0.15) is 49.2 Å². The second kappa shape index (κ2) is 11.1. The van der Waals surface area contributed by atoms with E-state index in [0.29, 0.717) is 27.2 Å². The maximum absolute atomic E-state index is 14.0. The van der Waals surface area contributed by atoms with Gasteiger partial charge in [0.1, 0.15) is 6.54 Å². The molecule has 1 atom stereocenters. The number of carbonyl (C=O) groups excluding carboxylic acids is 2. The summed E-state index contributed by atoms with van der Waals surface area (Å²) in [6.45, 7) is 9.83. The minimum atomic E-state index is -0.663. The quantitative estimate of drug-likeness (QED) is 0.321. The molecule has 1 aliphatic heterocycles. The first kappa shape index (κ1) is 27.3. The molecule has 40 heavy (non-hydrogen) atoms. The van der Waals surface area contributed by atoms with E-state index in [4.69, 9.17) is 9.47 Å². The minimum Gasteiger partial charge on any atom is -0.465 e. The number of esters is 2. The van der Waals surface area contributed by atoms with Crippen LogP contribution in [0.5, 0.6) is 0 Å². The Bertz CT molecular complexity index is 1840. The fourth-order valence-corrected chi connectivity index (χ4v) is 6.19. The normalized spacial score (nSPS) is 15.2. The summed E-state index contributed by atoms with van der Waals surface area (Å²) in [5.41, 5.74) is 5.08. The summed E-state index contributed by atoms with van der Waals surface area (Å²) in [6, 6.07) is 14.9. The third-order valence-corrected chi connectivity index (χ3v) is 8.04. The van der Waals surface area contributed by atoms with E-state index in [2.05, 4.69) is 4.99 Å². The third kappa shape index (κ3) is 4.81. The van der Waals surface area contributed by atoms with Gasteiger partial charge in [0.2, 0.25) is 0 Å². The Hall–Kier alpha value is -4.24. The Labute approximate surface area is 235 Å². The molecule has 0 bridgehead atoms. The zero-order valence-electron chi connectivity index (χ0n) is 23.2. The lowest BCUT2D eigenvalue weighted by Gasteiger charge is -2.24. The molecule has 1 aliphatic rings. The van der Waals surface area contributed by atoms with Gasteiger partial charge in [0.25, 0.3) is 5.56 Å². The number of aryl methyl sites for hydroxylation is 1. The van der Waals surface area contributed by atoms with Gasteiger partial charge >= 0.3 is 11.9 Å². The molecule has 0 fully saturated rings. The monoisotopic (exact) mass is 557 g/mol. The van der Waals surface area contributed by atoms with E-state index in [9.17, 15) is 14.4 Å². The van der Waals surface area contributed by atoms with Gasteiger partial charge in [-0.15, -0.1) is 0 Å². The van der Waals surface area contributed by atoms with Crippen molar-refractivity contribution in [2.24, 2.45) is 4.99 Å². The smallest absolute Gasteiger partial charge is 0.338 e. The Balaban J connectivity index is 1.72. The number of hydrogen-bond acceptors (Lipinski definition) is 7. The zero-order valence-corrected chi connectivity index (χ0v) is 24.0. The number of carbonyl (C=O) groups is 2. The summed E-state index contributed by atoms with van der Waals surface area (Å²) in [4.78, 5) is 44.7. The summed E-state index contributed by atoms with van der Waals surface area (Å²) >= 11 is 1.28. The van der Waals surface area contributed by atoms with E-state index >= 15 is 0 Å². The number of rotatable bonds is 7. The highest BCUT2D eigenvalue weighted by molar-refractivity contribution is 7.07. The number of allylic oxidation sites excluding steroid dienone is 1. The van der Waals surface area contributed by atoms with Gasteiger partial charge in [-0.1, -0.05) is 59.4 Å². The topological polar surface area (TPSA) is 91.9 Å². The summed E-state index contributed by atoms with van der Waals surface area (Å²) in [5, 5.41) is 0.925. The second-order valence-corrected chi connectivity index (χ2v) is 10.6. The fraction of sp³-hybridized carbons (Fsp3) is 0.290. The van der Waals surface area contributed by atoms with Gasteiger partial charge in [0.15, 0.2) is 4.80 Å². The molecule has 0 saturated heterocycles. The number of ether oxygens (including phenoxy) is 2. The number of aromatic nitrogens is 2. The predicted molar refractivity (Wildman–Crippen MR) is 155 cm³/mol. The van der Waals surface area contributed by atoms with Crippen LogP contribution in [0.25, 0.3) is 17.0 Å². The average molecular weight is 558 g/mol. The van der Waals surface area contributed by atoms with Crippen LogP contribution in [0.4, 0.5) is 0 Å². The Morgan fingerprint density at radius 1 is 1.00 bits per heavy atom.